The first-order valence-electron chi connectivity index (χ1n) is 14.7. The average Bonchev–Trinajstić information content (AvgIpc) is 3.17. The number of phenols is 1. The third-order valence-corrected chi connectivity index (χ3v) is 10.2. The molecule has 0 spiro atoms. The molecule has 2 aromatic carbocycles. The van der Waals surface area contributed by atoms with Gasteiger partial charge in [0.05, 0.1) is 6.10 Å². The number of aryl methyl sites for hydroxylation is 1. The molecule has 0 bridgehead atoms. The highest BCUT2D eigenvalue weighted by Crippen LogP contribution is 2.63. The van der Waals surface area contributed by atoms with Crippen LogP contribution in [-0.2, 0) is 12.8 Å². The van der Waals surface area contributed by atoms with Gasteiger partial charge >= 0.3 is 0 Å². The van der Waals surface area contributed by atoms with Crippen LogP contribution in [0.4, 0.5) is 4.39 Å². The summed E-state index contributed by atoms with van der Waals surface area (Å²) >= 11 is 0. The predicted molar refractivity (Wildman–Crippen MR) is 149 cm³/mol. The highest BCUT2D eigenvalue weighted by molar-refractivity contribution is 5.41. The fraction of sp³-hybridized carbons (Fsp3) is 0.636. The van der Waals surface area contributed by atoms with E-state index >= 15 is 4.39 Å². The van der Waals surface area contributed by atoms with Crippen LogP contribution < -0.4 is 0 Å². The molecule has 5 rings (SSSR count). The molecule has 0 amide bonds. The molecule has 7 atom stereocenters. The lowest BCUT2D eigenvalue weighted by Crippen LogP contribution is -2.51. The van der Waals surface area contributed by atoms with Crippen LogP contribution >= 0.6 is 0 Å². The van der Waals surface area contributed by atoms with E-state index in [2.05, 4.69) is 49.2 Å². The minimum Gasteiger partial charge on any atom is -0.508 e. The molecule has 2 aromatic rings. The third kappa shape index (κ3) is 5.61. The van der Waals surface area contributed by atoms with Crippen molar-refractivity contribution >= 4 is 0 Å². The number of hydrogen-bond donors (Lipinski definition) is 2. The number of aromatic hydroxyl groups is 1. The second-order valence-corrected chi connectivity index (χ2v) is 12.6. The minimum absolute atomic E-state index is 0.0894. The Morgan fingerprint density at radius 2 is 1.78 bits per heavy atom. The molecule has 3 aliphatic rings. The lowest BCUT2D eigenvalue weighted by atomic mass is 9.51. The minimum atomic E-state index is -0.922. The van der Waals surface area contributed by atoms with E-state index in [9.17, 15) is 10.2 Å². The lowest BCUT2D eigenvalue weighted by Gasteiger charge is -2.54. The molecule has 3 aliphatic carbocycles. The van der Waals surface area contributed by atoms with Gasteiger partial charge in [0.25, 0.3) is 0 Å². The number of alkyl halides is 1. The van der Waals surface area contributed by atoms with E-state index in [0.717, 1.165) is 56.3 Å². The maximum absolute atomic E-state index is 15.9. The number of aliphatic hydroxyl groups is 1. The number of hydrogen-bond acceptors (Lipinski definition) is 3. The van der Waals surface area contributed by atoms with Gasteiger partial charge in [-0.1, -0.05) is 56.2 Å². The molecular weight excluding hydrogens is 461 g/mol. The Hall–Kier alpha value is -1.91. The quantitative estimate of drug-likeness (QED) is 0.344. The van der Waals surface area contributed by atoms with Crippen LogP contribution in [0.25, 0.3) is 0 Å². The zero-order valence-corrected chi connectivity index (χ0v) is 22.8. The largest absolute Gasteiger partial charge is 0.508 e. The Kier molecular flexibility index (Phi) is 8.26. The summed E-state index contributed by atoms with van der Waals surface area (Å²) in [6.45, 7) is 4.40. The second-order valence-electron chi connectivity index (χ2n) is 12.6. The molecular formula is C33H46FNO2. The second kappa shape index (κ2) is 11.5. The maximum Gasteiger partial charge on any atom is 0.115 e. The molecule has 0 aromatic heterocycles. The van der Waals surface area contributed by atoms with Crippen molar-refractivity contribution in [3.05, 3.63) is 65.2 Å². The summed E-state index contributed by atoms with van der Waals surface area (Å²) in [6, 6.07) is 16.3. The van der Waals surface area contributed by atoms with Crippen molar-refractivity contribution in [2.45, 2.75) is 89.3 Å². The number of unbranched alkanes of at least 4 members (excludes halogenated alkanes) is 2. The molecule has 0 radical (unpaired) electrons. The molecule has 0 aliphatic heterocycles. The number of halogens is 1. The van der Waals surface area contributed by atoms with Crippen LogP contribution in [0.15, 0.2) is 48.5 Å². The van der Waals surface area contributed by atoms with Gasteiger partial charge in [-0.05, 0) is 123 Å². The van der Waals surface area contributed by atoms with Crippen LogP contribution in [0.5, 0.6) is 5.75 Å². The number of rotatable bonds is 10. The molecule has 37 heavy (non-hydrogen) atoms. The molecule has 0 heterocycles. The topological polar surface area (TPSA) is 43.7 Å². The first kappa shape index (κ1) is 26.7. The van der Waals surface area contributed by atoms with Crippen molar-refractivity contribution in [2.75, 3.05) is 20.1 Å². The van der Waals surface area contributed by atoms with Gasteiger partial charge < -0.3 is 15.1 Å². The van der Waals surface area contributed by atoms with E-state index in [1.54, 1.807) is 6.07 Å². The summed E-state index contributed by atoms with van der Waals surface area (Å²) in [7, 11) is 2.23. The Morgan fingerprint density at radius 3 is 2.59 bits per heavy atom. The number of phenolic OH excluding ortho intramolecular Hbond substituents is 1. The fourth-order valence-corrected chi connectivity index (χ4v) is 8.31. The summed E-state index contributed by atoms with van der Waals surface area (Å²) < 4.78 is 15.9. The van der Waals surface area contributed by atoms with E-state index in [0.29, 0.717) is 29.9 Å². The van der Waals surface area contributed by atoms with Crippen LogP contribution in [0.2, 0.25) is 0 Å². The van der Waals surface area contributed by atoms with Crippen LogP contribution in [0, 0.1) is 23.2 Å². The lowest BCUT2D eigenvalue weighted by molar-refractivity contribution is -0.0722. The molecule has 3 nitrogen and oxygen atoms in total. The summed E-state index contributed by atoms with van der Waals surface area (Å²) in [6.07, 6.45) is 8.93. The van der Waals surface area contributed by atoms with Crippen LogP contribution in [0.1, 0.15) is 80.9 Å². The van der Waals surface area contributed by atoms with Crippen molar-refractivity contribution in [3.63, 3.8) is 0 Å². The maximum atomic E-state index is 15.9. The highest BCUT2D eigenvalue weighted by atomic mass is 19.1. The SMILES string of the molecule is CN(CCCCC[C@@H]1Cc2cc(O)ccc2[C@@H]2[C@@H]1[C@@H]1CC[C@H](O)[C@@]1(C)C[C@@H]2F)CCCc1ccccc1. The van der Waals surface area contributed by atoms with Gasteiger partial charge in [0, 0.05) is 5.92 Å². The van der Waals surface area contributed by atoms with E-state index in [-0.39, 0.29) is 17.4 Å². The van der Waals surface area contributed by atoms with Gasteiger partial charge in [-0.2, -0.15) is 0 Å². The van der Waals surface area contributed by atoms with Crippen molar-refractivity contribution < 1.29 is 14.6 Å². The first-order chi connectivity index (χ1) is 17.9. The predicted octanol–water partition coefficient (Wildman–Crippen LogP) is 6.91. The first-order valence-corrected chi connectivity index (χ1v) is 14.7. The van der Waals surface area contributed by atoms with Crippen LogP contribution in [0.3, 0.4) is 0 Å². The van der Waals surface area contributed by atoms with E-state index in [1.165, 1.54) is 31.2 Å². The van der Waals surface area contributed by atoms with E-state index in [1.807, 2.05) is 12.1 Å². The van der Waals surface area contributed by atoms with Gasteiger partial charge in [-0.15, -0.1) is 0 Å². The highest BCUT2D eigenvalue weighted by Gasteiger charge is 2.59. The van der Waals surface area contributed by atoms with Crippen molar-refractivity contribution in [1.82, 2.24) is 4.90 Å². The molecule has 0 unspecified atom stereocenters. The third-order valence-electron chi connectivity index (χ3n) is 10.2. The standard InChI is InChI=1S/C33H46FNO2/c1-33-22-29(34)32-27-15-14-26(36)21-25(27)20-24(31(32)28(33)16-17-30(33)37)13-7-4-8-18-35(2)19-9-12-23-10-5-3-6-11-23/h3,5-6,10-11,14-15,21,24,28-32,36-37H,4,7-9,12-13,16-20,22H2,1-2H3/t24-,28+,29+,30+,31+,32+,33+/m1/s1. The number of nitrogens with zero attached hydrogens (tertiary/aromatic N) is 1. The molecule has 2 saturated carbocycles. The van der Waals surface area contributed by atoms with Gasteiger partial charge in [-0.3, -0.25) is 0 Å². The average molecular weight is 508 g/mol. The number of aliphatic hydroxyl groups excluding tert-OH is 1. The van der Waals surface area contributed by atoms with E-state index in [4.69, 9.17) is 0 Å². The van der Waals surface area contributed by atoms with E-state index < -0.39 is 6.17 Å². The molecule has 4 heteroatoms. The van der Waals surface area contributed by atoms with Crippen molar-refractivity contribution in [3.8, 4) is 5.75 Å². The Balaban J connectivity index is 1.16. The summed E-state index contributed by atoms with van der Waals surface area (Å²) in [5.74, 6) is 1.31. The number of fused-ring (bicyclic) bond motifs is 5. The molecule has 2 N–H and O–H groups in total. The molecule has 0 saturated heterocycles. The van der Waals surface area contributed by atoms with Crippen molar-refractivity contribution in [1.29, 1.82) is 0 Å². The monoisotopic (exact) mass is 507 g/mol. The van der Waals surface area contributed by atoms with Crippen molar-refractivity contribution in [2.24, 2.45) is 23.2 Å². The smallest absolute Gasteiger partial charge is 0.115 e. The fourth-order valence-electron chi connectivity index (χ4n) is 8.31. The summed E-state index contributed by atoms with van der Waals surface area (Å²) in [5, 5.41) is 21.0. The molecule has 202 valence electrons. The molecule has 2 fully saturated rings. The zero-order valence-electron chi connectivity index (χ0n) is 22.8. The van der Waals surface area contributed by atoms with Gasteiger partial charge in [0.2, 0.25) is 0 Å². The Morgan fingerprint density at radius 1 is 1.00 bits per heavy atom. The number of benzene rings is 2. The van der Waals surface area contributed by atoms with Gasteiger partial charge in [0.15, 0.2) is 0 Å². The Labute approximate surface area is 223 Å². The van der Waals surface area contributed by atoms with Gasteiger partial charge in [0.1, 0.15) is 11.9 Å². The Bertz CT molecular complexity index is 1030. The zero-order chi connectivity index (χ0) is 26.0. The van der Waals surface area contributed by atoms with Crippen LogP contribution in [-0.4, -0.2) is 47.5 Å². The summed E-state index contributed by atoms with van der Waals surface area (Å²) in [5.41, 5.74) is 3.39. The van der Waals surface area contributed by atoms with Gasteiger partial charge in [-0.25, -0.2) is 4.39 Å². The normalized spacial score (nSPS) is 32.7. The summed E-state index contributed by atoms with van der Waals surface area (Å²) in [4.78, 5) is 2.46.